The van der Waals surface area contributed by atoms with E-state index in [0.717, 1.165) is 37.4 Å². The van der Waals surface area contributed by atoms with Crippen LogP contribution in [0.1, 0.15) is 24.6 Å². The fourth-order valence-corrected chi connectivity index (χ4v) is 2.78. The van der Waals surface area contributed by atoms with Gasteiger partial charge in [0.15, 0.2) is 0 Å². The normalized spacial score (nSPS) is 18.6. The van der Waals surface area contributed by atoms with Crippen molar-refractivity contribution in [3.05, 3.63) is 45.4 Å². The molecule has 2 heterocycles. The summed E-state index contributed by atoms with van der Waals surface area (Å²) in [5.74, 6) is 1.30. The number of nitro benzene ring substituents is 1. The Hall–Kier alpha value is -1.92. The summed E-state index contributed by atoms with van der Waals surface area (Å²) < 4.78 is 0. The van der Waals surface area contributed by atoms with E-state index in [0.29, 0.717) is 11.5 Å². The summed E-state index contributed by atoms with van der Waals surface area (Å²) in [6.45, 7) is 1.96. The maximum atomic E-state index is 10.9. The number of nitrogens with one attached hydrogen (secondary N) is 2. The third kappa shape index (κ3) is 2.91. The van der Waals surface area contributed by atoms with Crippen LogP contribution in [0.4, 0.5) is 5.69 Å². The number of nitrogens with zero attached hydrogens (tertiary/aromatic N) is 2. The summed E-state index contributed by atoms with van der Waals surface area (Å²) in [6, 6.07) is 4.77. The zero-order valence-corrected chi connectivity index (χ0v) is 12.1. The molecule has 0 radical (unpaired) electrons. The second kappa shape index (κ2) is 5.83. The monoisotopic (exact) mass is 306 g/mol. The molecule has 0 bridgehead atoms. The number of aromatic nitrogens is 2. The Balaban J connectivity index is 1.89. The minimum absolute atomic E-state index is 0.0929. The first kappa shape index (κ1) is 14.0. The average Bonchev–Trinajstić information content (AvgIpc) is 2.98. The first-order chi connectivity index (χ1) is 10.1. The second-order valence-electron chi connectivity index (χ2n) is 5.15. The molecule has 0 aliphatic carbocycles. The number of H-pyrrole nitrogens is 1. The van der Waals surface area contributed by atoms with Crippen molar-refractivity contribution in [1.29, 1.82) is 0 Å². The molecular weight excluding hydrogens is 292 g/mol. The molecule has 1 aromatic heterocycles. The highest BCUT2D eigenvalue weighted by Gasteiger charge is 2.19. The maximum Gasteiger partial charge on any atom is 0.288 e. The van der Waals surface area contributed by atoms with E-state index in [-0.39, 0.29) is 10.7 Å². The SMILES string of the molecule is O=[N+]([O-])c1cc(-c2cnc(C3CCCNC3)[nH]2)ccc1Cl. The van der Waals surface area contributed by atoms with E-state index in [4.69, 9.17) is 11.6 Å². The molecule has 110 valence electrons. The third-order valence-electron chi connectivity index (χ3n) is 3.73. The van der Waals surface area contributed by atoms with Crippen LogP contribution >= 0.6 is 11.6 Å². The Labute approximate surface area is 126 Å². The molecule has 1 saturated heterocycles. The molecule has 1 atom stereocenters. The predicted octanol–water partition coefficient (Wildman–Crippen LogP) is 3.11. The lowest BCUT2D eigenvalue weighted by atomic mass is 9.99. The Morgan fingerprint density at radius 3 is 3.00 bits per heavy atom. The van der Waals surface area contributed by atoms with Crippen molar-refractivity contribution < 1.29 is 4.92 Å². The summed E-state index contributed by atoms with van der Waals surface area (Å²) in [5, 5.41) is 14.4. The summed E-state index contributed by atoms with van der Waals surface area (Å²) >= 11 is 5.83. The number of aromatic amines is 1. The van der Waals surface area contributed by atoms with E-state index in [1.54, 1.807) is 12.3 Å². The summed E-state index contributed by atoms with van der Waals surface area (Å²) in [5.41, 5.74) is 1.40. The van der Waals surface area contributed by atoms with Crippen molar-refractivity contribution in [2.45, 2.75) is 18.8 Å². The molecule has 1 aliphatic rings. The summed E-state index contributed by atoms with van der Waals surface area (Å²) in [4.78, 5) is 18.1. The van der Waals surface area contributed by atoms with E-state index in [9.17, 15) is 10.1 Å². The topological polar surface area (TPSA) is 83.8 Å². The Morgan fingerprint density at radius 1 is 1.43 bits per heavy atom. The highest BCUT2D eigenvalue weighted by Crippen LogP contribution is 2.30. The van der Waals surface area contributed by atoms with Gasteiger partial charge in [0.05, 0.1) is 16.8 Å². The van der Waals surface area contributed by atoms with Gasteiger partial charge in [0.1, 0.15) is 10.8 Å². The predicted molar refractivity (Wildman–Crippen MR) is 80.5 cm³/mol. The Bertz CT molecular complexity index is 665. The summed E-state index contributed by atoms with van der Waals surface area (Å²) in [7, 11) is 0. The first-order valence-corrected chi connectivity index (χ1v) is 7.23. The van der Waals surface area contributed by atoms with Crippen LogP contribution in [0.25, 0.3) is 11.3 Å². The number of piperidine rings is 1. The van der Waals surface area contributed by atoms with Crippen molar-refractivity contribution in [3.63, 3.8) is 0 Å². The molecule has 0 amide bonds. The molecular formula is C14H15ClN4O2. The number of halogens is 1. The minimum atomic E-state index is -0.478. The van der Waals surface area contributed by atoms with Crippen molar-refractivity contribution in [1.82, 2.24) is 15.3 Å². The number of rotatable bonds is 3. The van der Waals surface area contributed by atoms with E-state index >= 15 is 0 Å². The molecule has 3 rings (SSSR count). The van der Waals surface area contributed by atoms with Gasteiger partial charge in [-0.25, -0.2) is 4.98 Å². The fourth-order valence-electron chi connectivity index (χ4n) is 2.60. The van der Waals surface area contributed by atoms with E-state index in [2.05, 4.69) is 15.3 Å². The molecule has 1 aliphatic heterocycles. The highest BCUT2D eigenvalue weighted by atomic mass is 35.5. The van der Waals surface area contributed by atoms with Crippen LogP contribution in [0.2, 0.25) is 5.02 Å². The standard InChI is InChI=1S/C14H15ClN4O2/c15-11-4-3-9(6-13(11)19(20)21)12-8-17-14(18-12)10-2-1-5-16-7-10/h3-4,6,8,10,16H,1-2,5,7H2,(H,17,18). The molecule has 2 aromatic rings. The smallest absolute Gasteiger partial charge is 0.288 e. The van der Waals surface area contributed by atoms with Gasteiger partial charge in [-0.3, -0.25) is 10.1 Å². The van der Waals surface area contributed by atoms with Crippen molar-refractivity contribution in [2.75, 3.05) is 13.1 Å². The first-order valence-electron chi connectivity index (χ1n) is 6.85. The Kier molecular flexibility index (Phi) is 3.90. The van der Waals surface area contributed by atoms with E-state index in [1.807, 2.05) is 0 Å². The van der Waals surface area contributed by atoms with Crippen LogP contribution in [0.3, 0.4) is 0 Å². The molecule has 2 N–H and O–H groups in total. The van der Waals surface area contributed by atoms with Crippen LogP contribution in [0.15, 0.2) is 24.4 Å². The number of imidazole rings is 1. The zero-order valence-electron chi connectivity index (χ0n) is 11.3. The largest absolute Gasteiger partial charge is 0.342 e. The van der Waals surface area contributed by atoms with Crippen LogP contribution in [0.5, 0.6) is 0 Å². The molecule has 1 aromatic carbocycles. The minimum Gasteiger partial charge on any atom is -0.342 e. The highest BCUT2D eigenvalue weighted by molar-refractivity contribution is 6.32. The number of benzene rings is 1. The molecule has 1 unspecified atom stereocenters. The quantitative estimate of drug-likeness (QED) is 0.674. The molecule has 1 fully saturated rings. The van der Waals surface area contributed by atoms with Crippen LogP contribution in [-0.2, 0) is 0 Å². The number of nitro groups is 1. The lowest BCUT2D eigenvalue weighted by Gasteiger charge is -2.20. The van der Waals surface area contributed by atoms with Gasteiger partial charge < -0.3 is 10.3 Å². The summed E-state index contributed by atoms with van der Waals surface area (Å²) in [6.07, 6.45) is 3.95. The van der Waals surface area contributed by atoms with Gasteiger partial charge in [0.2, 0.25) is 0 Å². The lowest BCUT2D eigenvalue weighted by molar-refractivity contribution is -0.384. The van der Waals surface area contributed by atoms with Crippen molar-refractivity contribution >= 4 is 17.3 Å². The number of hydrogen-bond donors (Lipinski definition) is 2. The van der Waals surface area contributed by atoms with Gasteiger partial charge in [-0.2, -0.15) is 0 Å². The lowest BCUT2D eigenvalue weighted by Crippen LogP contribution is -2.28. The van der Waals surface area contributed by atoms with E-state index < -0.39 is 4.92 Å². The molecule has 0 spiro atoms. The van der Waals surface area contributed by atoms with Gasteiger partial charge in [0.25, 0.3) is 5.69 Å². The third-order valence-corrected chi connectivity index (χ3v) is 4.05. The van der Waals surface area contributed by atoms with Gasteiger partial charge in [-0.15, -0.1) is 0 Å². The van der Waals surface area contributed by atoms with Crippen molar-refractivity contribution in [2.24, 2.45) is 0 Å². The van der Waals surface area contributed by atoms with Gasteiger partial charge in [-0.1, -0.05) is 17.7 Å². The van der Waals surface area contributed by atoms with Crippen LogP contribution in [-0.4, -0.2) is 28.0 Å². The molecule has 0 saturated carbocycles. The molecule has 6 nitrogen and oxygen atoms in total. The van der Waals surface area contributed by atoms with Gasteiger partial charge in [-0.05, 0) is 25.5 Å². The average molecular weight is 307 g/mol. The molecule has 21 heavy (non-hydrogen) atoms. The van der Waals surface area contributed by atoms with Gasteiger partial charge >= 0.3 is 0 Å². The van der Waals surface area contributed by atoms with Crippen LogP contribution in [0, 0.1) is 10.1 Å². The maximum absolute atomic E-state index is 10.9. The van der Waals surface area contributed by atoms with Crippen LogP contribution < -0.4 is 5.32 Å². The Morgan fingerprint density at radius 2 is 2.29 bits per heavy atom. The number of hydrogen-bond acceptors (Lipinski definition) is 4. The van der Waals surface area contributed by atoms with E-state index in [1.165, 1.54) is 12.1 Å². The van der Waals surface area contributed by atoms with Gasteiger partial charge in [0, 0.05) is 24.1 Å². The van der Waals surface area contributed by atoms with Crippen molar-refractivity contribution in [3.8, 4) is 11.3 Å². The zero-order chi connectivity index (χ0) is 14.8. The molecule has 7 heteroatoms. The second-order valence-corrected chi connectivity index (χ2v) is 5.56. The fraction of sp³-hybridized carbons (Fsp3) is 0.357.